The number of esters is 1. The van der Waals surface area contributed by atoms with Crippen LogP contribution in [-0.2, 0) is 9.53 Å². The van der Waals surface area contributed by atoms with Crippen LogP contribution in [0.25, 0.3) is 21.8 Å². The van der Waals surface area contributed by atoms with E-state index in [0.29, 0.717) is 22.1 Å². The van der Waals surface area contributed by atoms with Gasteiger partial charge in [-0.25, -0.2) is 4.98 Å². The van der Waals surface area contributed by atoms with Crippen molar-refractivity contribution in [3.63, 3.8) is 0 Å². The van der Waals surface area contributed by atoms with E-state index >= 15 is 0 Å². The number of benzene rings is 2. The van der Waals surface area contributed by atoms with Gasteiger partial charge < -0.3 is 10.1 Å². The molecule has 1 atom stereocenters. The highest BCUT2D eigenvalue weighted by Crippen LogP contribution is 2.36. The highest BCUT2D eigenvalue weighted by molar-refractivity contribution is 6.11. The van der Waals surface area contributed by atoms with Gasteiger partial charge in [0.15, 0.2) is 6.23 Å². The van der Waals surface area contributed by atoms with Crippen molar-refractivity contribution in [2.45, 2.75) is 20.1 Å². The summed E-state index contributed by atoms with van der Waals surface area (Å²) in [5.41, 5.74) is 1.67. The number of aromatic nitrogens is 1. The average molecular weight is 325 g/mol. The summed E-state index contributed by atoms with van der Waals surface area (Å²) < 4.78 is 5.11. The van der Waals surface area contributed by atoms with Crippen LogP contribution in [0, 0.1) is 10.1 Å². The second kappa shape index (κ2) is 6.11. The Kier molecular flexibility index (Phi) is 3.99. The Balaban J connectivity index is 2.31. The van der Waals surface area contributed by atoms with Gasteiger partial charge >= 0.3 is 5.97 Å². The summed E-state index contributed by atoms with van der Waals surface area (Å²) in [6, 6.07) is 12.1. The number of nitro groups is 1. The molecule has 3 rings (SSSR count). The summed E-state index contributed by atoms with van der Waals surface area (Å²) >= 11 is 0. The van der Waals surface area contributed by atoms with Crippen LogP contribution in [-0.4, -0.2) is 22.1 Å². The van der Waals surface area contributed by atoms with Crippen molar-refractivity contribution in [2.75, 3.05) is 5.32 Å². The molecule has 122 valence electrons. The molecular weight excluding hydrogens is 310 g/mol. The number of nitrogens with one attached hydrogen (secondary N) is 1. The molecule has 0 radical (unpaired) electrons. The molecule has 0 saturated heterocycles. The summed E-state index contributed by atoms with van der Waals surface area (Å²) in [5.74, 6) is -0.438. The monoisotopic (exact) mass is 325 g/mol. The first-order valence-electron chi connectivity index (χ1n) is 7.37. The van der Waals surface area contributed by atoms with E-state index in [-0.39, 0.29) is 5.69 Å². The quantitative estimate of drug-likeness (QED) is 0.259. The van der Waals surface area contributed by atoms with Crippen LogP contribution < -0.4 is 5.32 Å². The smallest absolute Gasteiger partial charge is 0.304 e. The van der Waals surface area contributed by atoms with Gasteiger partial charge in [-0.15, -0.1) is 0 Å². The molecule has 0 bridgehead atoms. The largest absolute Gasteiger partial charge is 0.442 e. The third-order valence-electron chi connectivity index (χ3n) is 3.57. The molecule has 3 aromatic rings. The van der Waals surface area contributed by atoms with E-state index in [4.69, 9.17) is 4.74 Å². The number of hydrogen-bond acceptors (Lipinski definition) is 6. The number of ether oxygens (including phenoxy) is 1. The second-order valence-electron chi connectivity index (χ2n) is 5.33. The molecular formula is C17H15N3O4. The van der Waals surface area contributed by atoms with Gasteiger partial charge in [0, 0.05) is 18.4 Å². The molecule has 0 aliphatic rings. The molecule has 1 unspecified atom stereocenters. The van der Waals surface area contributed by atoms with E-state index in [1.165, 1.54) is 13.0 Å². The fraction of sp³-hybridized carbons (Fsp3) is 0.176. The fourth-order valence-corrected chi connectivity index (χ4v) is 2.71. The maximum absolute atomic E-state index is 11.4. The number of non-ortho nitro benzene ring substituents is 1. The molecule has 1 aromatic heterocycles. The van der Waals surface area contributed by atoms with Crippen LogP contribution in [0.2, 0.25) is 0 Å². The Morgan fingerprint density at radius 2 is 1.92 bits per heavy atom. The molecule has 7 heteroatoms. The molecule has 2 aromatic carbocycles. The predicted molar refractivity (Wildman–Crippen MR) is 90.8 cm³/mol. The highest BCUT2D eigenvalue weighted by atomic mass is 16.6. The zero-order chi connectivity index (χ0) is 17.3. The Bertz CT molecular complexity index is 955. The first kappa shape index (κ1) is 15.7. The van der Waals surface area contributed by atoms with Gasteiger partial charge in [0.05, 0.1) is 21.6 Å². The molecule has 0 spiro atoms. The van der Waals surface area contributed by atoms with Crippen LogP contribution in [0.1, 0.15) is 13.8 Å². The average Bonchev–Trinajstić information content (AvgIpc) is 2.53. The Hall–Kier alpha value is -3.22. The lowest BCUT2D eigenvalue weighted by molar-refractivity contribution is -0.383. The number of hydrogen-bond donors (Lipinski definition) is 1. The second-order valence-corrected chi connectivity index (χ2v) is 5.33. The minimum absolute atomic E-state index is 0.0525. The van der Waals surface area contributed by atoms with Crippen molar-refractivity contribution >= 4 is 39.1 Å². The topological polar surface area (TPSA) is 94.4 Å². The molecule has 1 N–H and O–H groups in total. The molecule has 1 heterocycles. The van der Waals surface area contributed by atoms with E-state index in [0.717, 1.165) is 5.39 Å². The Labute approximate surface area is 137 Å². The number of anilines is 1. The molecule has 0 fully saturated rings. The Morgan fingerprint density at radius 3 is 2.62 bits per heavy atom. The van der Waals surface area contributed by atoms with E-state index < -0.39 is 17.1 Å². The number of nitro benzene ring substituents is 1. The Morgan fingerprint density at radius 1 is 1.21 bits per heavy atom. The van der Waals surface area contributed by atoms with Gasteiger partial charge in [0.1, 0.15) is 5.39 Å². The van der Waals surface area contributed by atoms with E-state index in [2.05, 4.69) is 10.3 Å². The maximum Gasteiger partial charge on any atom is 0.304 e. The van der Waals surface area contributed by atoms with Crippen molar-refractivity contribution in [3.8, 4) is 0 Å². The van der Waals surface area contributed by atoms with E-state index in [1.54, 1.807) is 19.1 Å². The summed E-state index contributed by atoms with van der Waals surface area (Å²) in [7, 11) is 0. The molecule has 0 amide bonds. The van der Waals surface area contributed by atoms with E-state index in [1.807, 2.05) is 24.3 Å². The molecule has 24 heavy (non-hydrogen) atoms. The number of rotatable bonds is 4. The van der Waals surface area contributed by atoms with Crippen LogP contribution >= 0.6 is 0 Å². The van der Waals surface area contributed by atoms with Crippen LogP contribution in [0.4, 0.5) is 11.4 Å². The number of nitrogens with zero attached hydrogens (tertiary/aromatic N) is 2. The molecule has 0 saturated carbocycles. The van der Waals surface area contributed by atoms with Gasteiger partial charge in [0.2, 0.25) is 0 Å². The van der Waals surface area contributed by atoms with Gasteiger partial charge in [-0.05, 0) is 19.1 Å². The predicted octanol–water partition coefficient (Wildman–Crippen LogP) is 3.62. The van der Waals surface area contributed by atoms with Crippen LogP contribution in [0.3, 0.4) is 0 Å². The van der Waals surface area contributed by atoms with Crippen molar-refractivity contribution in [1.29, 1.82) is 0 Å². The van der Waals surface area contributed by atoms with Crippen molar-refractivity contribution in [2.24, 2.45) is 0 Å². The highest BCUT2D eigenvalue weighted by Gasteiger charge is 2.20. The number of carbonyl (C=O) groups is 1. The third-order valence-corrected chi connectivity index (χ3v) is 3.57. The van der Waals surface area contributed by atoms with Crippen LogP contribution in [0.5, 0.6) is 0 Å². The normalized spacial score (nSPS) is 12.1. The zero-order valence-electron chi connectivity index (χ0n) is 13.1. The lowest BCUT2D eigenvalue weighted by Gasteiger charge is -2.18. The maximum atomic E-state index is 11.4. The van der Waals surface area contributed by atoms with Gasteiger partial charge in [-0.2, -0.15) is 0 Å². The summed E-state index contributed by atoms with van der Waals surface area (Å²) in [6.45, 7) is 2.97. The third kappa shape index (κ3) is 2.83. The first-order chi connectivity index (χ1) is 11.5. The van der Waals surface area contributed by atoms with Gasteiger partial charge in [0.25, 0.3) is 5.69 Å². The SMILES string of the molecule is CC(=O)OC(C)Nc1c2ccccc2nc2cccc([N+](=O)[O-])c12. The summed E-state index contributed by atoms with van der Waals surface area (Å²) in [6.07, 6.45) is -0.642. The summed E-state index contributed by atoms with van der Waals surface area (Å²) in [4.78, 5) is 26.6. The van der Waals surface area contributed by atoms with E-state index in [9.17, 15) is 14.9 Å². The van der Waals surface area contributed by atoms with Gasteiger partial charge in [-0.3, -0.25) is 14.9 Å². The van der Waals surface area contributed by atoms with Crippen LogP contribution in [0.15, 0.2) is 42.5 Å². The molecule has 7 nitrogen and oxygen atoms in total. The minimum atomic E-state index is -0.642. The molecule has 0 aliphatic carbocycles. The number of fused-ring (bicyclic) bond motifs is 2. The lowest BCUT2D eigenvalue weighted by Crippen LogP contribution is -2.22. The minimum Gasteiger partial charge on any atom is -0.442 e. The molecule has 0 aliphatic heterocycles. The number of pyridine rings is 1. The van der Waals surface area contributed by atoms with Crippen molar-refractivity contribution in [1.82, 2.24) is 4.98 Å². The summed E-state index contributed by atoms with van der Waals surface area (Å²) in [5, 5.41) is 15.6. The number of para-hydroxylation sites is 1. The van der Waals surface area contributed by atoms with Crippen molar-refractivity contribution in [3.05, 3.63) is 52.6 Å². The zero-order valence-corrected chi connectivity index (χ0v) is 13.1. The first-order valence-corrected chi connectivity index (χ1v) is 7.37. The number of carbonyl (C=O) groups excluding carboxylic acids is 1. The fourth-order valence-electron chi connectivity index (χ4n) is 2.71. The standard InChI is InChI=1S/C17H15N3O4/c1-10(24-11(2)21)18-17-12-6-3-4-7-13(12)19-14-8-5-9-15(16(14)17)20(22)23/h3-10H,1-2H3,(H,18,19). The van der Waals surface area contributed by atoms with Gasteiger partial charge in [-0.1, -0.05) is 24.3 Å². The lowest BCUT2D eigenvalue weighted by atomic mass is 10.1. The van der Waals surface area contributed by atoms with Crippen molar-refractivity contribution < 1.29 is 14.5 Å².